The van der Waals surface area contributed by atoms with Gasteiger partial charge in [-0.05, 0) is 24.1 Å². The molecule has 0 aliphatic heterocycles. The number of Topliss-reactive ketones (excluding diaryl/α,β-unsaturated/α-hetero) is 1. The summed E-state index contributed by atoms with van der Waals surface area (Å²) in [6, 6.07) is 6.04. The summed E-state index contributed by atoms with van der Waals surface area (Å²) in [5.74, 6) is -3.79. The highest BCUT2D eigenvalue weighted by Crippen LogP contribution is 2.40. The lowest BCUT2D eigenvalue weighted by Gasteiger charge is -2.24. The van der Waals surface area contributed by atoms with E-state index < -0.39 is 42.6 Å². The van der Waals surface area contributed by atoms with Gasteiger partial charge >= 0.3 is 7.75 Å². The molecule has 0 saturated carbocycles. The summed E-state index contributed by atoms with van der Waals surface area (Å²) in [7, 11) is -4.88. The number of allylic oxidation sites excluding steroid dienone is 3. The van der Waals surface area contributed by atoms with E-state index in [0.717, 1.165) is 12.2 Å². The minimum absolute atomic E-state index is 0.0335. The van der Waals surface area contributed by atoms with Gasteiger partial charge in [0.1, 0.15) is 23.2 Å². The number of carbonyl (C=O) groups is 1. The number of aliphatic hydroxyl groups excluding tert-OH is 2. The van der Waals surface area contributed by atoms with Gasteiger partial charge < -0.3 is 25.1 Å². The monoisotopic (exact) mass is 367 g/mol. The van der Waals surface area contributed by atoms with Crippen LogP contribution >= 0.6 is 7.75 Å². The SMILES string of the molecule is CCC(C(=O)C1C(O)=CC(O)=C/C1=N\P(=O)(O)O)c1cccc(O)c1. The number of carbonyl (C=O) groups excluding carboxylic acids is 1. The third-order valence-electron chi connectivity index (χ3n) is 3.74. The second kappa shape index (κ2) is 7.23. The minimum atomic E-state index is -4.88. The summed E-state index contributed by atoms with van der Waals surface area (Å²) in [6.45, 7) is 1.73. The first-order valence-electron chi connectivity index (χ1n) is 7.42. The molecular weight excluding hydrogens is 349 g/mol. The number of aliphatic hydroxyl groups is 2. The Morgan fingerprint density at radius 3 is 2.48 bits per heavy atom. The van der Waals surface area contributed by atoms with Crippen molar-refractivity contribution in [2.75, 3.05) is 0 Å². The van der Waals surface area contributed by atoms with Crippen LogP contribution in [0.4, 0.5) is 0 Å². The molecule has 25 heavy (non-hydrogen) atoms. The molecule has 0 bridgehead atoms. The fraction of sp³-hybridized carbons (Fsp3) is 0.250. The van der Waals surface area contributed by atoms with Crippen molar-refractivity contribution < 1.29 is 34.5 Å². The molecule has 134 valence electrons. The normalized spacial score (nSPS) is 20.8. The van der Waals surface area contributed by atoms with E-state index in [1.807, 2.05) is 0 Å². The molecule has 2 atom stereocenters. The third-order valence-corrected chi connectivity index (χ3v) is 4.23. The lowest BCUT2D eigenvalue weighted by molar-refractivity contribution is -0.122. The number of benzene rings is 1. The lowest BCUT2D eigenvalue weighted by Crippen LogP contribution is -2.31. The van der Waals surface area contributed by atoms with Crippen molar-refractivity contribution in [2.24, 2.45) is 10.7 Å². The Kier molecular flexibility index (Phi) is 5.47. The Balaban J connectivity index is 2.48. The molecule has 2 rings (SSSR count). The first-order chi connectivity index (χ1) is 11.6. The lowest BCUT2D eigenvalue weighted by atomic mass is 9.81. The van der Waals surface area contributed by atoms with Crippen LogP contribution in [0.5, 0.6) is 5.75 Å². The average Bonchev–Trinajstić information content (AvgIpc) is 2.45. The highest BCUT2D eigenvalue weighted by atomic mass is 31.2. The summed E-state index contributed by atoms with van der Waals surface area (Å²) in [4.78, 5) is 31.0. The Hall–Kier alpha value is -2.41. The fourth-order valence-corrected chi connectivity index (χ4v) is 3.21. The van der Waals surface area contributed by atoms with Gasteiger partial charge in [0.15, 0.2) is 5.78 Å². The van der Waals surface area contributed by atoms with E-state index in [2.05, 4.69) is 4.76 Å². The first-order valence-corrected chi connectivity index (χ1v) is 8.98. The zero-order valence-corrected chi connectivity index (χ0v) is 14.2. The number of nitrogens with zero attached hydrogens (tertiary/aromatic N) is 1. The molecular formula is C16H18NO7P. The van der Waals surface area contributed by atoms with E-state index in [0.29, 0.717) is 12.0 Å². The minimum Gasteiger partial charge on any atom is -0.511 e. The molecule has 0 radical (unpaired) electrons. The summed E-state index contributed by atoms with van der Waals surface area (Å²) < 4.78 is 14.4. The summed E-state index contributed by atoms with van der Waals surface area (Å²) in [6.07, 6.45) is 2.18. The van der Waals surface area contributed by atoms with Crippen molar-refractivity contribution in [1.29, 1.82) is 0 Å². The second-order valence-corrected chi connectivity index (χ2v) is 6.79. The maximum Gasteiger partial charge on any atom is 0.448 e. The molecule has 0 fully saturated rings. The van der Waals surface area contributed by atoms with E-state index in [9.17, 15) is 24.7 Å². The second-order valence-electron chi connectivity index (χ2n) is 5.57. The Bertz CT molecular complexity index is 822. The van der Waals surface area contributed by atoms with Gasteiger partial charge in [-0.15, -0.1) is 0 Å². The van der Waals surface area contributed by atoms with Gasteiger partial charge in [0.05, 0.1) is 5.71 Å². The molecule has 9 heteroatoms. The first kappa shape index (κ1) is 18.9. The molecule has 1 aliphatic rings. The molecule has 0 saturated heterocycles. The van der Waals surface area contributed by atoms with Crippen LogP contribution < -0.4 is 0 Å². The Labute approximate surface area is 143 Å². The number of hydrogen-bond acceptors (Lipinski definition) is 5. The Morgan fingerprint density at radius 1 is 1.24 bits per heavy atom. The van der Waals surface area contributed by atoms with E-state index in [1.165, 1.54) is 12.1 Å². The van der Waals surface area contributed by atoms with Crippen molar-refractivity contribution in [3.05, 3.63) is 53.5 Å². The number of rotatable bonds is 5. The van der Waals surface area contributed by atoms with Crippen LogP contribution in [-0.2, 0) is 9.36 Å². The molecule has 0 amide bonds. The van der Waals surface area contributed by atoms with Crippen LogP contribution in [0.2, 0.25) is 0 Å². The van der Waals surface area contributed by atoms with Gasteiger partial charge in [-0.3, -0.25) is 4.79 Å². The summed E-state index contributed by atoms with van der Waals surface area (Å²) in [5, 5.41) is 29.2. The van der Waals surface area contributed by atoms with Crippen molar-refractivity contribution >= 4 is 19.2 Å². The number of ketones is 1. The zero-order valence-electron chi connectivity index (χ0n) is 13.3. The van der Waals surface area contributed by atoms with Gasteiger partial charge in [-0.25, -0.2) is 4.57 Å². The van der Waals surface area contributed by atoms with Crippen LogP contribution in [0.15, 0.2) is 52.7 Å². The van der Waals surface area contributed by atoms with Crippen LogP contribution in [0.25, 0.3) is 0 Å². The van der Waals surface area contributed by atoms with Crippen LogP contribution in [-0.4, -0.2) is 36.6 Å². The molecule has 1 aromatic carbocycles. The molecule has 1 aromatic rings. The maximum absolute atomic E-state index is 12.9. The molecule has 2 unspecified atom stereocenters. The van der Waals surface area contributed by atoms with Crippen LogP contribution in [0, 0.1) is 5.92 Å². The largest absolute Gasteiger partial charge is 0.511 e. The van der Waals surface area contributed by atoms with Gasteiger partial charge in [-0.2, -0.15) is 4.76 Å². The number of phenolic OH excluding ortho intramolecular Hbond substituents is 1. The van der Waals surface area contributed by atoms with Crippen LogP contribution in [0.3, 0.4) is 0 Å². The number of aromatic hydroxyl groups is 1. The molecule has 1 aliphatic carbocycles. The highest BCUT2D eigenvalue weighted by Gasteiger charge is 2.36. The highest BCUT2D eigenvalue weighted by molar-refractivity contribution is 7.50. The quantitative estimate of drug-likeness (QED) is 0.502. The zero-order chi connectivity index (χ0) is 18.8. The van der Waals surface area contributed by atoms with E-state index >= 15 is 0 Å². The van der Waals surface area contributed by atoms with Crippen molar-refractivity contribution in [2.45, 2.75) is 19.3 Å². The molecule has 0 spiro atoms. The van der Waals surface area contributed by atoms with Gasteiger partial charge in [0.25, 0.3) is 0 Å². The topological polar surface area (TPSA) is 148 Å². The maximum atomic E-state index is 12.9. The van der Waals surface area contributed by atoms with Gasteiger partial charge in [-0.1, -0.05) is 19.1 Å². The average molecular weight is 367 g/mol. The predicted octanol–water partition coefficient (Wildman–Crippen LogP) is 2.50. The summed E-state index contributed by atoms with van der Waals surface area (Å²) >= 11 is 0. The predicted molar refractivity (Wildman–Crippen MR) is 90.5 cm³/mol. The molecule has 0 aromatic heterocycles. The van der Waals surface area contributed by atoms with E-state index in [4.69, 9.17) is 9.79 Å². The molecule has 5 N–H and O–H groups in total. The van der Waals surface area contributed by atoms with Crippen molar-refractivity contribution in [1.82, 2.24) is 0 Å². The summed E-state index contributed by atoms with van der Waals surface area (Å²) in [5.41, 5.74) is 0.0732. The molecule has 0 heterocycles. The van der Waals surface area contributed by atoms with Gasteiger partial charge in [0, 0.05) is 18.1 Å². The molecule has 8 nitrogen and oxygen atoms in total. The van der Waals surface area contributed by atoms with Crippen molar-refractivity contribution in [3.63, 3.8) is 0 Å². The third kappa shape index (κ3) is 4.57. The van der Waals surface area contributed by atoms with Crippen molar-refractivity contribution in [3.8, 4) is 5.75 Å². The number of hydrogen-bond donors (Lipinski definition) is 5. The Morgan fingerprint density at radius 2 is 1.92 bits per heavy atom. The van der Waals surface area contributed by atoms with E-state index in [-0.39, 0.29) is 5.75 Å². The van der Waals surface area contributed by atoms with E-state index in [1.54, 1.807) is 19.1 Å². The smallest absolute Gasteiger partial charge is 0.448 e. The standard InChI is InChI=1S/C16H18NO7P/c1-2-12(9-4-3-5-10(18)6-9)16(21)15-13(17-25(22,23)24)7-11(19)8-14(15)20/h3-8,12,15,18-20H,2H2,1H3,(H2,22,23,24)/b17-13+. The van der Waals surface area contributed by atoms with Crippen LogP contribution in [0.1, 0.15) is 24.8 Å². The fourth-order valence-electron chi connectivity index (χ4n) is 2.74. The number of phenols is 1. The van der Waals surface area contributed by atoms with Gasteiger partial charge in [0.2, 0.25) is 0 Å².